The first-order chi connectivity index (χ1) is 7.52. The monoisotopic (exact) mass is 239 g/mol. The first-order valence-electron chi connectivity index (χ1n) is 4.63. The number of pyridine rings is 1. The summed E-state index contributed by atoms with van der Waals surface area (Å²) in [4.78, 5) is 12.1. The largest absolute Gasteiger partial charge is 0.347 e. The molecule has 1 aromatic heterocycles. The summed E-state index contributed by atoms with van der Waals surface area (Å²) in [7, 11) is 0.257. The molecule has 0 saturated heterocycles. The number of fused-ring (bicyclic) bond motifs is 1. The Labute approximate surface area is 94.0 Å². The fraction of sp³-hybridized carbons (Fsp3) is 0.182. The molecule has 0 saturated carbocycles. The Morgan fingerprint density at radius 3 is 2.69 bits per heavy atom. The minimum atomic E-state index is -1.37. The van der Waals surface area contributed by atoms with E-state index < -0.39 is 16.6 Å². The van der Waals surface area contributed by atoms with Crippen molar-refractivity contribution in [3.05, 3.63) is 40.4 Å². The standard InChI is InChI=1S/C11H10FNO2S/c1-13-6-9(16(2)15)11(14)7-4-3-5-8(12)10(7)13/h3-6H,1-2H3. The molecular formula is C11H10FNO2S. The van der Waals surface area contributed by atoms with E-state index in [0.29, 0.717) is 0 Å². The van der Waals surface area contributed by atoms with Crippen LogP contribution in [0.25, 0.3) is 10.9 Å². The van der Waals surface area contributed by atoms with Crippen LogP contribution in [0.2, 0.25) is 0 Å². The molecular weight excluding hydrogens is 229 g/mol. The summed E-state index contributed by atoms with van der Waals surface area (Å²) >= 11 is 0. The Kier molecular flexibility index (Phi) is 2.63. The molecule has 16 heavy (non-hydrogen) atoms. The van der Waals surface area contributed by atoms with Gasteiger partial charge >= 0.3 is 0 Å². The van der Waals surface area contributed by atoms with E-state index in [9.17, 15) is 13.4 Å². The average molecular weight is 239 g/mol. The molecule has 3 nitrogen and oxygen atoms in total. The molecule has 0 bridgehead atoms. The van der Waals surface area contributed by atoms with Gasteiger partial charge in [-0.25, -0.2) is 4.39 Å². The highest BCUT2D eigenvalue weighted by Gasteiger charge is 2.12. The van der Waals surface area contributed by atoms with Gasteiger partial charge in [0, 0.05) is 24.9 Å². The van der Waals surface area contributed by atoms with Crippen molar-refractivity contribution >= 4 is 21.7 Å². The molecule has 0 radical (unpaired) electrons. The molecule has 0 aliphatic carbocycles. The number of para-hydroxylation sites is 1. The quantitative estimate of drug-likeness (QED) is 0.755. The molecule has 5 heteroatoms. The maximum absolute atomic E-state index is 13.5. The van der Waals surface area contributed by atoms with E-state index >= 15 is 0 Å². The number of nitrogens with zero attached hydrogens (tertiary/aromatic N) is 1. The third kappa shape index (κ3) is 1.57. The van der Waals surface area contributed by atoms with Gasteiger partial charge in [-0.1, -0.05) is 6.07 Å². The maximum atomic E-state index is 13.5. The molecule has 0 aliphatic rings. The van der Waals surface area contributed by atoms with Crippen molar-refractivity contribution in [3.63, 3.8) is 0 Å². The van der Waals surface area contributed by atoms with Gasteiger partial charge in [0.05, 0.1) is 16.3 Å². The zero-order chi connectivity index (χ0) is 11.9. The zero-order valence-electron chi connectivity index (χ0n) is 8.86. The Hall–Kier alpha value is -1.49. The SMILES string of the molecule is Cn1cc(S(C)=O)c(=O)c2cccc(F)c21. The van der Waals surface area contributed by atoms with Crippen molar-refractivity contribution in [3.8, 4) is 0 Å². The van der Waals surface area contributed by atoms with Gasteiger partial charge in [-0.15, -0.1) is 0 Å². The van der Waals surface area contributed by atoms with Gasteiger partial charge in [0.1, 0.15) is 10.7 Å². The highest BCUT2D eigenvalue weighted by molar-refractivity contribution is 7.84. The molecule has 0 fully saturated rings. The van der Waals surface area contributed by atoms with E-state index in [1.807, 2.05) is 0 Å². The number of aromatic nitrogens is 1. The average Bonchev–Trinajstić information content (AvgIpc) is 2.22. The van der Waals surface area contributed by atoms with Gasteiger partial charge in [0.25, 0.3) is 0 Å². The van der Waals surface area contributed by atoms with Crippen LogP contribution >= 0.6 is 0 Å². The Balaban J connectivity index is 3.02. The second-order valence-corrected chi connectivity index (χ2v) is 4.87. The Bertz CT molecular complexity index is 648. The first-order valence-corrected chi connectivity index (χ1v) is 6.19. The topological polar surface area (TPSA) is 39.1 Å². The van der Waals surface area contributed by atoms with Crippen molar-refractivity contribution in [2.24, 2.45) is 7.05 Å². The Morgan fingerprint density at radius 2 is 2.06 bits per heavy atom. The predicted octanol–water partition coefficient (Wildman–Crippen LogP) is 1.42. The maximum Gasteiger partial charge on any atom is 0.205 e. The third-order valence-corrected chi connectivity index (χ3v) is 3.34. The summed E-state index contributed by atoms with van der Waals surface area (Å²) in [5.74, 6) is -0.453. The van der Waals surface area contributed by atoms with Crippen LogP contribution in [-0.4, -0.2) is 15.0 Å². The number of aryl methyl sites for hydroxylation is 1. The molecule has 1 unspecified atom stereocenters. The lowest BCUT2D eigenvalue weighted by atomic mass is 10.2. The van der Waals surface area contributed by atoms with Gasteiger partial charge in [-0.3, -0.25) is 9.00 Å². The van der Waals surface area contributed by atoms with E-state index in [4.69, 9.17) is 0 Å². The summed E-state index contributed by atoms with van der Waals surface area (Å²) in [6, 6.07) is 4.31. The van der Waals surface area contributed by atoms with Gasteiger partial charge in [-0.2, -0.15) is 0 Å². The first kappa shape index (κ1) is 11.0. The molecule has 0 spiro atoms. The third-order valence-electron chi connectivity index (χ3n) is 2.43. The second-order valence-electron chi connectivity index (χ2n) is 3.52. The van der Waals surface area contributed by atoms with Crippen molar-refractivity contribution < 1.29 is 8.60 Å². The van der Waals surface area contributed by atoms with Gasteiger partial charge in [0.2, 0.25) is 5.43 Å². The predicted molar refractivity (Wildman–Crippen MR) is 61.5 cm³/mol. The minimum Gasteiger partial charge on any atom is -0.347 e. The highest BCUT2D eigenvalue weighted by atomic mass is 32.2. The van der Waals surface area contributed by atoms with Crippen molar-refractivity contribution in [1.29, 1.82) is 0 Å². The summed E-state index contributed by atoms with van der Waals surface area (Å²) < 4.78 is 26.4. The van der Waals surface area contributed by atoms with Crippen LogP contribution in [0.4, 0.5) is 4.39 Å². The molecule has 1 aromatic carbocycles. The van der Waals surface area contributed by atoms with Crippen LogP contribution in [0.3, 0.4) is 0 Å². The van der Waals surface area contributed by atoms with Crippen molar-refractivity contribution in [2.75, 3.05) is 6.26 Å². The second kappa shape index (κ2) is 3.83. The summed E-state index contributed by atoms with van der Waals surface area (Å²) in [6.45, 7) is 0. The fourth-order valence-electron chi connectivity index (χ4n) is 1.69. The van der Waals surface area contributed by atoms with Gasteiger partial charge in [-0.05, 0) is 12.1 Å². The zero-order valence-corrected chi connectivity index (χ0v) is 9.68. The Morgan fingerprint density at radius 1 is 1.38 bits per heavy atom. The number of benzene rings is 1. The molecule has 1 atom stereocenters. The summed E-state index contributed by atoms with van der Waals surface area (Å²) in [5, 5.41) is 0.259. The lowest BCUT2D eigenvalue weighted by Gasteiger charge is -2.07. The van der Waals surface area contributed by atoms with Gasteiger partial charge in [0.15, 0.2) is 0 Å². The normalized spacial score (nSPS) is 12.9. The van der Waals surface area contributed by atoms with Crippen molar-refractivity contribution in [2.45, 2.75) is 4.90 Å². The molecule has 0 N–H and O–H groups in total. The van der Waals surface area contributed by atoms with E-state index in [1.54, 1.807) is 7.05 Å². The van der Waals surface area contributed by atoms with Gasteiger partial charge < -0.3 is 4.57 Å². The van der Waals surface area contributed by atoms with Crippen LogP contribution in [0, 0.1) is 5.82 Å². The number of hydrogen-bond donors (Lipinski definition) is 0. The summed E-state index contributed by atoms with van der Waals surface area (Å²) in [5.41, 5.74) is -0.130. The molecule has 2 aromatic rings. The number of rotatable bonds is 1. The van der Waals surface area contributed by atoms with Crippen LogP contribution in [0.1, 0.15) is 0 Å². The minimum absolute atomic E-state index is 0.195. The van der Waals surface area contributed by atoms with Crippen molar-refractivity contribution in [1.82, 2.24) is 4.57 Å². The van der Waals surface area contributed by atoms with E-state index in [-0.39, 0.29) is 21.2 Å². The van der Waals surface area contributed by atoms with Crippen LogP contribution in [-0.2, 0) is 17.8 Å². The molecule has 0 amide bonds. The number of halogens is 1. The number of hydrogen-bond acceptors (Lipinski definition) is 2. The molecule has 84 valence electrons. The fourth-order valence-corrected chi connectivity index (χ4v) is 2.37. The lowest BCUT2D eigenvalue weighted by Crippen LogP contribution is -2.14. The molecule has 1 heterocycles. The van der Waals surface area contributed by atoms with E-state index in [0.717, 1.165) is 0 Å². The van der Waals surface area contributed by atoms with Crippen LogP contribution in [0.15, 0.2) is 34.1 Å². The van der Waals surface area contributed by atoms with Crippen LogP contribution < -0.4 is 5.43 Å². The van der Waals surface area contributed by atoms with E-state index in [2.05, 4.69) is 0 Å². The van der Waals surface area contributed by atoms with E-state index in [1.165, 1.54) is 35.2 Å². The molecule has 0 aliphatic heterocycles. The molecule has 2 rings (SSSR count). The highest BCUT2D eigenvalue weighted by Crippen LogP contribution is 2.15. The smallest absolute Gasteiger partial charge is 0.205 e. The summed E-state index contributed by atoms with van der Waals surface area (Å²) in [6.07, 6.45) is 2.85. The lowest BCUT2D eigenvalue weighted by molar-refractivity contribution is 0.629. The van der Waals surface area contributed by atoms with Crippen LogP contribution in [0.5, 0.6) is 0 Å².